The van der Waals surface area contributed by atoms with E-state index in [2.05, 4.69) is 88.6 Å². The third kappa shape index (κ3) is 5.08. The van der Waals surface area contributed by atoms with Crippen LogP contribution in [0.25, 0.3) is 21.8 Å². The Kier molecular flexibility index (Phi) is 6.99. The second kappa shape index (κ2) is 10.1. The van der Waals surface area contributed by atoms with Gasteiger partial charge in [-0.05, 0) is 53.5 Å². The van der Waals surface area contributed by atoms with Crippen molar-refractivity contribution in [2.45, 2.75) is 38.5 Å². The molecule has 0 atom stereocenters. The lowest BCUT2D eigenvalue weighted by Gasteiger charge is -2.13. The van der Waals surface area contributed by atoms with E-state index in [9.17, 15) is 0 Å². The maximum Gasteiger partial charge on any atom is 0.0730 e. The summed E-state index contributed by atoms with van der Waals surface area (Å²) in [6.45, 7) is 0. The van der Waals surface area contributed by atoms with Gasteiger partial charge in [-0.1, -0.05) is 90.4 Å². The summed E-state index contributed by atoms with van der Waals surface area (Å²) in [5.74, 6) is 0. The Morgan fingerprint density at radius 2 is 1.24 bits per heavy atom. The molecule has 0 radical (unpaired) electrons. The molecule has 3 aromatic carbocycles. The summed E-state index contributed by atoms with van der Waals surface area (Å²) >= 11 is 2.47. The van der Waals surface area contributed by atoms with Gasteiger partial charge in [0, 0.05) is 16.5 Å². The van der Waals surface area contributed by atoms with Gasteiger partial charge < -0.3 is 5.32 Å². The van der Waals surface area contributed by atoms with E-state index in [0.717, 1.165) is 33.2 Å². The summed E-state index contributed by atoms with van der Waals surface area (Å²) < 4.78 is 1.29. The number of benzene rings is 3. The van der Waals surface area contributed by atoms with E-state index >= 15 is 0 Å². The second-order valence-electron chi connectivity index (χ2n) is 7.55. The SMILES string of the molecule is ICCCCCCCc1ccc(Nc2c3ccccc3nc3ccccc23)cc1. The molecule has 1 aromatic heterocycles. The lowest BCUT2D eigenvalue weighted by atomic mass is 10.0. The molecule has 0 fully saturated rings. The highest BCUT2D eigenvalue weighted by Crippen LogP contribution is 2.33. The first-order valence-corrected chi connectivity index (χ1v) is 12.1. The van der Waals surface area contributed by atoms with E-state index < -0.39 is 0 Å². The Bertz CT molecular complexity index is 1020. The van der Waals surface area contributed by atoms with Crippen LogP contribution in [0.2, 0.25) is 0 Å². The van der Waals surface area contributed by atoms with Crippen molar-refractivity contribution < 1.29 is 0 Å². The van der Waals surface area contributed by atoms with Crippen LogP contribution < -0.4 is 5.32 Å². The molecule has 2 nitrogen and oxygen atoms in total. The predicted molar refractivity (Wildman–Crippen MR) is 135 cm³/mol. The van der Waals surface area contributed by atoms with Crippen LogP contribution in [0.5, 0.6) is 0 Å². The number of nitrogens with zero attached hydrogens (tertiary/aromatic N) is 1. The second-order valence-corrected chi connectivity index (χ2v) is 8.63. The van der Waals surface area contributed by atoms with Gasteiger partial charge in [0.1, 0.15) is 0 Å². The zero-order chi connectivity index (χ0) is 19.9. The summed E-state index contributed by atoms with van der Waals surface area (Å²) in [5.41, 5.74) is 5.72. The van der Waals surface area contributed by atoms with Crippen LogP contribution in [0, 0.1) is 0 Å². The Morgan fingerprint density at radius 1 is 0.655 bits per heavy atom. The number of unbranched alkanes of at least 4 members (excludes halogenated alkanes) is 4. The molecule has 1 heterocycles. The van der Waals surface area contributed by atoms with E-state index in [1.807, 2.05) is 12.1 Å². The van der Waals surface area contributed by atoms with E-state index in [1.54, 1.807) is 0 Å². The molecular formula is C26H27IN2. The zero-order valence-electron chi connectivity index (χ0n) is 16.7. The lowest BCUT2D eigenvalue weighted by Crippen LogP contribution is -1.95. The van der Waals surface area contributed by atoms with Gasteiger partial charge in [-0.3, -0.25) is 0 Å². The highest BCUT2D eigenvalue weighted by atomic mass is 127. The highest BCUT2D eigenvalue weighted by molar-refractivity contribution is 14.1. The summed E-state index contributed by atoms with van der Waals surface area (Å²) in [6.07, 6.45) is 7.90. The first-order valence-electron chi connectivity index (χ1n) is 10.5. The minimum atomic E-state index is 1.02. The molecule has 148 valence electrons. The van der Waals surface area contributed by atoms with Crippen molar-refractivity contribution in [3.05, 3.63) is 78.4 Å². The topological polar surface area (TPSA) is 24.9 Å². The maximum atomic E-state index is 4.81. The van der Waals surface area contributed by atoms with Crippen molar-refractivity contribution in [1.82, 2.24) is 4.98 Å². The molecule has 0 aliphatic heterocycles. The average Bonchev–Trinajstić information content (AvgIpc) is 2.77. The number of alkyl halides is 1. The van der Waals surface area contributed by atoms with Crippen LogP contribution in [-0.2, 0) is 6.42 Å². The van der Waals surface area contributed by atoms with Gasteiger partial charge in [0.25, 0.3) is 0 Å². The van der Waals surface area contributed by atoms with Gasteiger partial charge in [-0.2, -0.15) is 0 Å². The van der Waals surface area contributed by atoms with Gasteiger partial charge in [-0.15, -0.1) is 0 Å². The van der Waals surface area contributed by atoms with Crippen LogP contribution in [-0.4, -0.2) is 9.41 Å². The van der Waals surface area contributed by atoms with Crippen molar-refractivity contribution in [3.63, 3.8) is 0 Å². The largest absolute Gasteiger partial charge is 0.354 e. The molecule has 3 heteroatoms. The van der Waals surface area contributed by atoms with E-state index in [1.165, 1.54) is 48.5 Å². The number of anilines is 2. The Labute approximate surface area is 186 Å². The van der Waals surface area contributed by atoms with Crippen molar-refractivity contribution in [2.24, 2.45) is 0 Å². The summed E-state index contributed by atoms with van der Waals surface area (Å²) in [4.78, 5) is 4.81. The Morgan fingerprint density at radius 3 is 1.90 bits per heavy atom. The number of rotatable bonds is 9. The fourth-order valence-corrected chi connectivity index (χ4v) is 4.37. The molecule has 0 saturated heterocycles. The van der Waals surface area contributed by atoms with Crippen LogP contribution >= 0.6 is 22.6 Å². The number of halogens is 1. The molecule has 0 saturated carbocycles. The predicted octanol–water partition coefficient (Wildman–Crippen LogP) is 8.06. The third-order valence-corrected chi connectivity index (χ3v) is 6.17. The number of hydrogen-bond acceptors (Lipinski definition) is 2. The monoisotopic (exact) mass is 494 g/mol. The fraction of sp³-hybridized carbons (Fsp3) is 0.269. The quantitative estimate of drug-likeness (QED) is 0.110. The lowest BCUT2D eigenvalue weighted by molar-refractivity contribution is 0.636. The van der Waals surface area contributed by atoms with Crippen LogP contribution in [0.15, 0.2) is 72.8 Å². The minimum Gasteiger partial charge on any atom is -0.354 e. The van der Waals surface area contributed by atoms with Gasteiger partial charge in [-0.25, -0.2) is 4.98 Å². The van der Waals surface area contributed by atoms with E-state index in [-0.39, 0.29) is 0 Å². The van der Waals surface area contributed by atoms with Gasteiger partial charge in [0.15, 0.2) is 0 Å². The molecular weight excluding hydrogens is 467 g/mol. The minimum absolute atomic E-state index is 1.02. The molecule has 0 aliphatic rings. The van der Waals surface area contributed by atoms with Crippen molar-refractivity contribution in [3.8, 4) is 0 Å². The molecule has 0 unspecified atom stereocenters. The van der Waals surface area contributed by atoms with Gasteiger partial charge in [0.05, 0.1) is 16.7 Å². The van der Waals surface area contributed by atoms with Gasteiger partial charge >= 0.3 is 0 Å². The van der Waals surface area contributed by atoms with Crippen molar-refractivity contribution >= 4 is 55.8 Å². The van der Waals surface area contributed by atoms with Gasteiger partial charge in [0.2, 0.25) is 0 Å². The van der Waals surface area contributed by atoms with Crippen molar-refractivity contribution in [2.75, 3.05) is 9.74 Å². The Hall–Kier alpha value is -2.14. The summed E-state index contributed by atoms with van der Waals surface area (Å²) in [7, 11) is 0. The normalized spacial score (nSPS) is 11.2. The van der Waals surface area contributed by atoms with Crippen LogP contribution in [0.4, 0.5) is 11.4 Å². The number of nitrogens with one attached hydrogen (secondary N) is 1. The molecule has 1 N–H and O–H groups in total. The summed E-state index contributed by atoms with van der Waals surface area (Å²) in [5, 5.41) is 5.98. The van der Waals surface area contributed by atoms with Crippen LogP contribution in [0.1, 0.15) is 37.7 Å². The zero-order valence-corrected chi connectivity index (χ0v) is 18.9. The average molecular weight is 494 g/mol. The highest BCUT2D eigenvalue weighted by Gasteiger charge is 2.09. The molecule has 0 amide bonds. The van der Waals surface area contributed by atoms with E-state index in [4.69, 9.17) is 4.98 Å². The maximum absolute atomic E-state index is 4.81. The molecule has 0 spiro atoms. The third-order valence-electron chi connectivity index (χ3n) is 5.41. The number of fused-ring (bicyclic) bond motifs is 2. The molecule has 0 aliphatic carbocycles. The first kappa shape index (κ1) is 20.1. The molecule has 0 bridgehead atoms. The standard InChI is InChI=1S/C26H27IN2/c27-19-9-3-1-2-4-10-20-15-17-21(18-16-20)28-26-22-11-5-7-13-24(22)29-25-14-8-6-12-23(25)26/h5-8,11-18H,1-4,9-10,19H2,(H,28,29). The molecule has 29 heavy (non-hydrogen) atoms. The molecule has 4 aromatic rings. The fourth-order valence-electron chi connectivity index (χ4n) is 3.83. The van der Waals surface area contributed by atoms with E-state index in [0.29, 0.717) is 0 Å². The number of para-hydroxylation sites is 2. The number of hydrogen-bond donors (Lipinski definition) is 1. The number of aryl methyl sites for hydroxylation is 1. The molecule has 4 rings (SSSR count). The number of pyridine rings is 1. The van der Waals surface area contributed by atoms with Crippen LogP contribution in [0.3, 0.4) is 0 Å². The smallest absolute Gasteiger partial charge is 0.0730 e. The van der Waals surface area contributed by atoms with Crippen molar-refractivity contribution in [1.29, 1.82) is 0 Å². The number of aromatic nitrogens is 1. The Balaban J connectivity index is 1.50. The summed E-state index contributed by atoms with van der Waals surface area (Å²) in [6, 6.07) is 25.6. The first-order chi connectivity index (χ1) is 14.3.